The summed E-state index contributed by atoms with van der Waals surface area (Å²) in [5.74, 6) is 1.62. The maximum atomic E-state index is 5.68. The fraction of sp³-hybridized carbons (Fsp3) is 0.222. The van der Waals surface area contributed by atoms with E-state index in [1.54, 1.807) is 0 Å². The molecule has 5 heteroatoms. The summed E-state index contributed by atoms with van der Waals surface area (Å²) in [6.07, 6.45) is 2.93. The second-order valence-electron chi connectivity index (χ2n) is 5.62. The Morgan fingerprint density at radius 2 is 2.04 bits per heavy atom. The van der Waals surface area contributed by atoms with E-state index >= 15 is 0 Å². The number of anilines is 1. The number of fused-ring (bicyclic) bond motifs is 2. The maximum absolute atomic E-state index is 5.68. The van der Waals surface area contributed by atoms with Crippen LogP contribution < -0.4 is 20.5 Å². The fourth-order valence-corrected chi connectivity index (χ4v) is 2.97. The number of para-hydroxylation sites is 1. The smallest absolute Gasteiger partial charge is 0.231 e. The van der Waals surface area contributed by atoms with Gasteiger partial charge in [-0.05, 0) is 42.3 Å². The van der Waals surface area contributed by atoms with E-state index in [0.29, 0.717) is 13.3 Å². The Morgan fingerprint density at radius 3 is 2.96 bits per heavy atom. The first-order valence-corrected chi connectivity index (χ1v) is 7.76. The zero-order valence-corrected chi connectivity index (χ0v) is 12.8. The summed E-state index contributed by atoms with van der Waals surface area (Å²) in [6.45, 7) is 1.68. The summed E-state index contributed by atoms with van der Waals surface area (Å²) in [5.41, 5.74) is 10.3. The minimum absolute atomic E-state index is 0.303. The van der Waals surface area contributed by atoms with Crippen LogP contribution in [0, 0.1) is 0 Å². The Bertz CT molecular complexity index is 841. The van der Waals surface area contributed by atoms with E-state index in [4.69, 9.17) is 15.2 Å². The highest BCUT2D eigenvalue weighted by Gasteiger charge is 2.13. The van der Waals surface area contributed by atoms with E-state index < -0.39 is 0 Å². The highest BCUT2D eigenvalue weighted by atomic mass is 16.7. The Hall–Kier alpha value is -2.66. The number of H-pyrrole nitrogens is 1. The van der Waals surface area contributed by atoms with Crippen LogP contribution in [-0.2, 0) is 13.0 Å². The van der Waals surface area contributed by atoms with E-state index in [1.165, 1.54) is 10.9 Å². The topological polar surface area (TPSA) is 72.3 Å². The number of ether oxygens (including phenoxy) is 2. The van der Waals surface area contributed by atoms with Crippen molar-refractivity contribution in [1.29, 1.82) is 0 Å². The van der Waals surface area contributed by atoms with Gasteiger partial charge in [0.15, 0.2) is 11.5 Å². The van der Waals surface area contributed by atoms with Crippen LogP contribution >= 0.6 is 0 Å². The van der Waals surface area contributed by atoms with Gasteiger partial charge in [-0.1, -0.05) is 18.2 Å². The molecule has 0 saturated heterocycles. The van der Waals surface area contributed by atoms with Gasteiger partial charge >= 0.3 is 0 Å². The number of nitrogens with one attached hydrogen (secondary N) is 2. The minimum atomic E-state index is 0.303. The first-order chi connectivity index (χ1) is 11.3. The zero-order valence-electron chi connectivity index (χ0n) is 12.8. The molecule has 2 heterocycles. The van der Waals surface area contributed by atoms with Crippen LogP contribution in [-0.4, -0.2) is 18.3 Å². The molecule has 3 aromatic rings. The Labute approximate surface area is 134 Å². The van der Waals surface area contributed by atoms with Crippen LogP contribution in [0.1, 0.15) is 11.1 Å². The number of hydrogen-bond donors (Lipinski definition) is 3. The number of benzene rings is 2. The van der Waals surface area contributed by atoms with Crippen LogP contribution in [0.15, 0.2) is 42.6 Å². The molecule has 0 aliphatic carbocycles. The second kappa shape index (κ2) is 5.85. The van der Waals surface area contributed by atoms with Gasteiger partial charge in [-0.3, -0.25) is 0 Å². The quantitative estimate of drug-likeness (QED) is 0.677. The van der Waals surface area contributed by atoms with Gasteiger partial charge in [0.25, 0.3) is 0 Å². The van der Waals surface area contributed by atoms with Gasteiger partial charge in [0, 0.05) is 18.1 Å². The van der Waals surface area contributed by atoms with Crippen LogP contribution in [0.2, 0.25) is 0 Å². The van der Waals surface area contributed by atoms with Crippen molar-refractivity contribution in [2.75, 3.05) is 18.7 Å². The van der Waals surface area contributed by atoms with Crippen molar-refractivity contribution in [2.24, 2.45) is 5.73 Å². The van der Waals surface area contributed by atoms with E-state index in [2.05, 4.69) is 34.6 Å². The van der Waals surface area contributed by atoms with Crippen molar-refractivity contribution in [2.45, 2.75) is 13.0 Å². The molecule has 1 aromatic heterocycles. The van der Waals surface area contributed by atoms with Crippen LogP contribution in [0.5, 0.6) is 11.5 Å². The maximum Gasteiger partial charge on any atom is 0.231 e. The summed E-state index contributed by atoms with van der Waals surface area (Å²) in [5, 5.41) is 4.72. The zero-order chi connectivity index (χ0) is 15.6. The van der Waals surface area contributed by atoms with Crippen LogP contribution in [0.25, 0.3) is 10.9 Å². The lowest BCUT2D eigenvalue weighted by Crippen LogP contribution is -2.02. The molecule has 2 aromatic carbocycles. The average molecular weight is 309 g/mol. The molecular weight excluding hydrogens is 290 g/mol. The van der Waals surface area contributed by atoms with Gasteiger partial charge in [0.05, 0.1) is 11.2 Å². The van der Waals surface area contributed by atoms with Gasteiger partial charge in [0.1, 0.15) is 0 Å². The number of nitrogens with two attached hydrogens (primary N) is 1. The summed E-state index contributed by atoms with van der Waals surface area (Å²) in [4.78, 5) is 3.36. The van der Waals surface area contributed by atoms with Crippen molar-refractivity contribution >= 4 is 16.6 Å². The summed E-state index contributed by atoms with van der Waals surface area (Å²) < 4.78 is 10.8. The summed E-state index contributed by atoms with van der Waals surface area (Å²) >= 11 is 0. The average Bonchev–Trinajstić information content (AvgIpc) is 3.20. The number of aromatic nitrogens is 1. The first kappa shape index (κ1) is 14.0. The molecule has 0 saturated carbocycles. The van der Waals surface area contributed by atoms with Gasteiger partial charge in [0.2, 0.25) is 6.79 Å². The van der Waals surface area contributed by atoms with E-state index in [-0.39, 0.29) is 0 Å². The molecule has 0 radical (unpaired) electrons. The number of rotatable bonds is 5. The van der Waals surface area contributed by atoms with Crippen LogP contribution in [0.3, 0.4) is 0 Å². The largest absolute Gasteiger partial charge is 0.454 e. The molecule has 118 valence electrons. The molecule has 4 rings (SSSR count). The molecule has 5 nitrogen and oxygen atoms in total. The van der Waals surface area contributed by atoms with Crippen molar-refractivity contribution in [3.05, 3.63) is 53.7 Å². The monoisotopic (exact) mass is 309 g/mol. The summed E-state index contributed by atoms with van der Waals surface area (Å²) in [6, 6.07) is 12.3. The third kappa shape index (κ3) is 2.59. The lowest BCUT2D eigenvalue weighted by Gasteiger charge is -2.09. The normalized spacial score (nSPS) is 12.7. The molecule has 23 heavy (non-hydrogen) atoms. The van der Waals surface area contributed by atoms with E-state index in [1.807, 2.05) is 18.3 Å². The number of hydrogen-bond acceptors (Lipinski definition) is 4. The first-order valence-electron chi connectivity index (χ1n) is 7.76. The van der Waals surface area contributed by atoms with Gasteiger partial charge in [-0.2, -0.15) is 0 Å². The van der Waals surface area contributed by atoms with Gasteiger partial charge < -0.3 is 25.5 Å². The molecule has 0 fully saturated rings. The molecule has 0 spiro atoms. The molecule has 0 atom stereocenters. The molecular formula is C18H19N3O2. The van der Waals surface area contributed by atoms with Crippen LogP contribution in [0.4, 0.5) is 5.69 Å². The Kier molecular flexibility index (Phi) is 3.55. The highest BCUT2D eigenvalue weighted by Crippen LogP contribution is 2.33. The molecule has 1 aliphatic rings. The van der Waals surface area contributed by atoms with Crippen molar-refractivity contribution in [1.82, 2.24) is 4.98 Å². The summed E-state index contributed by atoms with van der Waals surface area (Å²) in [7, 11) is 0. The third-order valence-electron chi connectivity index (χ3n) is 4.13. The van der Waals surface area contributed by atoms with E-state index in [0.717, 1.165) is 41.2 Å². The molecule has 0 amide bonds. The number of aromatic amines is 1. The predicted octanol–water partition coefficient (Wildman–Crippen LogP) is 3.01. The fourth-order valence-electron chi connectivity index (χ4n) is 2.97. The van der Waals surface area contributed by atoms with Crippen molar-refractivity contribution in [3.63, 3.8) is 0 Å². The van der Waals surface area contributed by atoms with Gasteiger partial charge in [-0.25, -0.2) is 0 Å². The second-order valence-corrected chi connectivity index (χ2v) is 5.62. The van der Waals surface area contributed by atoms with Crippen molar-refractivity contribution in [3.8, 4) is 11.5 Å². The Balaban J connectivity index is 1.56. The third-order valence-corrected chi connectivity index (χ3v) is 4.13. The standard InChI is InChI=1S/C18H19N3O2/c19-7-6-13-10-21-18-14(13)2-1-3-15(18)20-9-12-4-5-16-17(8-12)23-11-22-16/h1-5,8,10,20-21H,6-7,9,11,19H2. The molecule has 4 N–H and O–H groups in total. The van der Waals surface area contributed by atoms with Crippen molar-refractivity contribution < 1.29 is 9.47 Å². The molecule has 0 unspecified atom stereocenters. The minimum Gasteiger partial charge on any atom is -0.454 e. The highest BCUT2D eigenvalue weighted by molar-refractivity contribution is 5.93. The Morgan fingerprint density at radius 1 is 1.13 bits per heavy atom. The lowest BCUT2D eigenvalue weighted by molar-refractivity contribution is 0.174. The molecule has 1 aliphatic heterocycles. The SMILES string of the molecule is NCCc1c[nH]c2c(NCc3ccc4c(c3)OCO4)cccc12. The van der Waals surface area contributed by atoms with E-state index in [9.17, 15) is 0 Å². The lowest BCUT2D eigenvalue weighted by atomic mass is 10.1. The predicted molar refractivity (Wildman–Crippen MR) is 90.9 cm³/mol. The molecule has 0 bridgehead atoms. The van der Waals surface area contributed by atoms with Gasteiger partial charge in [-0.15, -0.1) is 0 Å².